The summed E-state index contributed by atoms with van der Waals surface area (Å²) in [6, 6.07) is 10.8. The Morgan fingerprint density at radius 2 is 1.69 bits per heavy atom. The Hall–Kier alpha value is -0.980. The first-order valence-corrected chi connectivity index (χ1v) is 10.4. The van der Waals surface area contributed by atoms with Crippen LogP contribution < -0.4 is 5.32 Å². The Balaban J connectivity index is 1.57. The van der Waals surface area contributed by atoms with Gasteiger partial charge in [-0.1, -0.05) is 30.3 Å². The summed E-state index contributed by atoms with van der Waals surface area (Å²) in [6.07, 6.45) is 2.15. The zero-order chi connectivity index (χ0) is 18.0. The maximum Gasteiger partial charge on any atom is 0.0434 e. The van der Waals surface area contributed by atoms with Crippen LogP contribution in [-0.2, 0) is 6.54 Å². The van der Waals surface area contributed by atoms with Crippen LogP contribution >= 0.6 is 0 Å². The fraction of sp³-hybridized carbons (Fsp3) is 0.714. The summed E-state index contributed by atoms with van der Waals surface area (Å²) in [5, 5.41) is 13.1. The lowest BCUT2D eigenvalue weighted by atomic mass is 10.0. The molecule has 0 saturated carbocycles. The van der Waals surface area contributed by atoms with E-state index in [2.05, 4.69) is 50.3 Å². The molecule has 2 bridgehead atoms. The predicted octanol–water partition coefficient (Wildman–Crippen LogP) is 1.10. The molecule has 0 amide bonds. The number of benzene rings is 1. The van der Waals surface area contributed by atoms with Gasteiger partial charge in [0.25, 0.3) is 0 Å². The molecule has 0 spiro atoms. The van der Waals surface area contributed by atoms with Crippen LogP contribution in [0, 0.1) is 5.92 Å². The average molecular weight is 361 g/mol. The van der Waals surface area contributed by atoms with Crippen molar-refractivity contribution < 1.29 is 5.11 Å². The number of piperazine rings is 1. The smallest absolute Gasteiger partial charge is 0.0434 e. The van der Waals surface area contributed by atoms with E-state index in [1.165, 1.54) is 44.7 Å². The van der Waals surface area contributed by atoms with E-state index in [1.54, 1.807) is 0 Å². The van der Waals surface area contributed by atoms with Crippen LogP contribution in [0.15, 0.2) is 30.3 Å². The molecule has 0 aromatic heterocycles. The van der Waals surface area contributed by atoms with Crippen LogP contribution in [0.3, 0.4) is 0 Å². The van der Waals surface area contributed by atoms with Gasteiger partial charge in [0.1, 0.15) is 0 Å². The topological polar surface area (TPSA) is 42.0 Å². The van der Waals surface area contributed by atoms with Crippen LogP contribution in [0.5, 0.6) is 0 Å². The number of aliphatic hydroxyl groups is 1. The highest BCUT2D eigenvalue weighted by molar-refractivity contribution is 5.14. The van der Waals surface area contributed by atoms with Gasteiger partial charge in [0.05, 0.1) is 0 Å². The lowest BCUT2D eigenvalue weighted by molar-refractivity contribution is 0.104. The second kappa shape index (κ2) is 11.0. The highest BCUT2D eigenvalue weighted by Gasteiger charge is 2.20. The van der Waals surface area contributed by atoms with Gasteiger partial charge in [-0.15, -0.1) is 0 Å². The fourth-order valence-corrected chi connectivity index (χ4v) is 4.17. The van der Waals surface area contributed by atoms with Crippen molar-refractivity contribution >= 4 is 0 Å². The number of fused-ring (bicyclic) bond motifs is 11. The van der Waals surface area contributed by atoms with Gasteiger partial charge >= 0.3 is 0 Å². The van der Waals surface area contributed by atoms with Gasteiger partial charge in [0.15, 0.2) is 0 Å². The number of rotatable bonds is 4. The SMILES string of the molecule is OCCC1CNCCN(Cc2ccccc2)CCCN2CCN(CC2)C1. The summed E-state index contributed by atoms with van der Waals surface area (Å²) in [5.41, 5.74) is 1.40. The van der Waals surface area contributed by atoms with Crippen molar-refractivity contribution in [2.75, 3.05) is 72.1 Å². The molecule has 1 atom stereocenters. The lowest BCUT2D eigenvalue weighted by Gasteiger charge is -2.37. The van der Waals surface area contributed by atoms with Gasteiger partial charge in [-0.2, -0.15) is 0 Å². The molecule has 0 radical (unpaired) electrons. The van der Waals surface area contributed by atoms with Gasteiger partial charge in [-0.25, -0.2) is 0 Å². The van der Waals surface area contributed by atoms with Crippen molar-refractivity contribution in [1.29, 1.82) is 0 Å². The Morgan fingerprint density at radius 3 is 2.46 bits per heavy atom. The van der Waals surface area contributed by atoms with Crippen molar-refractivity contribution in [3.05, 3.63) is 35.9 Å². The molecule has 4 rings (SSSR count). The molecule has 0 aliphatic carbocycles. The number of hydrogen-bond donors (Lipinski definition) is 2. The van der Waals surface area contributed by atoms with Crippen LogP contribution in [0.4, 0.5) is 0 Å². The maximum absolute atomic E-state index is 9.40. The van der Waals surface area contributed by atoms with E-state index in [9.17, 15) is 5.11 Å². The number of aliphatic hydroxyl groups excluding tert-OH is 1. The molecule has 3 saturated heterocycles. The minimum atomic E-state index is 0.298. The molecule has 26 heavy (non-hydrogen) atoms. The molecule has 2 N–H and O–H groups in total. The number of nitrogens with one attached hydrogen (secondary N) is 1. The van der Waals surface area contributed by atoms with E-state index in [-0.39, 0.29) is 0 Å². The molecule has 3 fully saturated rings. The minimum absolute atomic E-state index is 0.298. The predicted molar refractivity (Wildman–Crippen MR) is 107 cm³/mol. The third kappa shape index (κ3) is 6.63. The quantitative estimate of drug-likeness (QED) is 0.842. The van der Waals surface area contributed by atoms with Crippen molar-refractivity contribution in [1.82, 2.24) is 20.0 Å². The third-order valence-corrected chi connectivity index (χ3v) is 5.75. The average Bonchev–Trinajstić information content (AvgIpc) is 2.67. The highest BCUT2D eigenvalue weighted by atomic mass is 16.3. The monoisotopic (exact) mass is 360 g/mol. The first-order chi connectivity index (χ1) is 12.8. The van der Waals surface area contributed by atoms with E-state index in [1.807, 2.05) is 0 Å². The van der Waals surface area contributed by atoms with Crippen molar-refractivity contribution in [3.8, 4) is 0 Å². The van der Waals surface area contributed by atoms with Gasteiger partial charge in [0, 0.05) is 59.0 Å². The Labute approximate surface area is 159 Å². The van der Waals surface area contributed by atoms with E-state index in [0.717, 1.165) is 45.7 Å². The van der Waals surface area contributed by atoms with Gasteiger partial charge < -0.3 is 20.2 Å². The summed E-state index contributed by atoms with van der Waals surface area (Å²) in [4.78, 5) is 7.81. The lowest BCUT2D eigenvalue weighted by Crippen LogP contribution is -2.49. The first-order valence-electron chi connectivity index (χ1n) is 10.4. The number of nitrogens with zero attached hydrogens (tertiary/aromatic N) is 3. The van der Waals surface area contributed by atoms with E-state index < -0.39 is 0 Å². The standard InChI is InChI=1S/C21H36N4O/c26-16-7-21-17-22-8-11-24(18-20-5-2-1-3-6-20)10-4-9-23-12-14-25(19-21)15-13-23/h1-3,5-6,21-22,26H,4,7-19H2. The van der Waals surface area contributed by atoms with Crippen LogP contribution in [-0.4, -0.2) is 91.9 Å². The Morgan fingerprint density at radius 1 is 0.923 bits per heavy atom. The highest BCUT2D eigenvalue weighted by Crippen LogP contribution is 2.11. The summed E-state index contributed by atoms with van der Waals surface area (Å²) < 4.78 is 0. The zero-order valence-corrected chi connectivity index (χ0v) is 16.2. The summed E-state index contributed by atoms with van der Waals surface area (Å²) in [6.45, 7) is 12.7. The van der Waals surface area contributed by atoms with Crippen molar-refractivity contribution in [2.24, 2.45) is 5.92 Å². The van der Waals surface area contributed by atoms with Gasteiger partial charge in [0.2, 0.25) is 0 Å². The maximum atomic E-state index is 9.40. The van der Waals surface area contributed by atoms with Crippen LogP contribution in [0.2, 0.25) is 0 Å². The minimum Gasteiger partial charge on any atom is -0.396 e. The molecule has 3 aliphatic heterocycles. The molecule has 1 unspecified atom stereocenters. The molecule has 1 aromatic carbocycles. The van der Waals surface area contributed by atoms with E-state index >= 15 is 0 Å². The summed E-state index contributed by atoms with van der Waals surface area (Å²) in [5.74, 6) is 0.553. The molecule has 146 valence electrons. The molecule has 3 aliphatic rings. The first kappa shape index (κ1) is 19.8. The zero-order valence-electron chi connectivity index (χ0n) is 16.2. The third-order valence-electron chi connectivity index (χ3n) is 5.75. The van der Waals surface area contributed by atoms with Gasteiger partial charge in [-0.3, -0.25) is 4.90 Å². The van der Waals surface area contributed by atoms with Crippen molar-refractivity contribution in [2.45, 2.75) is 19.4 Å². The van der Waals surface area contributed by atoms with Gasteiger partial charge in [-0.05, 0) is 44.0 Å². The Bertz CT molecular complexity index is 490. The van der Waals surface area contributed by atoms with Crippen LogP contribution in [0.1, 0.15) is 18.4 Å². The molecular formula is C21H36N4O. The van der Waals surface area contributed by atoms with E-state index in [4.69, 9.17) is 0 Å². The number of hydrogen-bond acceptors (Lipinski definition) is 5. The largest absolute Gasteiger partial charge is 0.396 e. The molecular weight excluding hydrogens is 324 g/mol. The molecule has 5 nitrogen and oxygen atoms in total. The summed E-state index contributed by atoms with van der Waals surface area (Å²) in [7, 11) is 0. The molecule has 1 aromatic rings. The normalized spacial score (nSPS) is 29.3. The summed E-state index contributed by atoms with van der Waals surface area (Å²) >= 11 is 0. The molecule has 3 heterocycles. The van der Waals surface area contributed by atoms with Crippen molar-refractivity contribution in [3.63, 3.8) is 0 Å². The molecule has 5 heteroatoms. The second-order valence-corrected chi connectivity index (χ2v) is 7.84. The Kier molecular flexibility index (Phi) is 8.36. The van der Waals surface area contributed by atoms with E-state index in [0.29, 0.717) is 12.5 Å². The van der Waals surface area contributed by atoms with Crippen LogP contribution in [0.25, 0.3) is 0 Å². The second-order valence-electron chi connectivity index (χ2n) is 7.84. The fourth-order valence-electron chi connectivity index (χ4n) is 4.17.